The van der Waals surface area contributed by atoms with Crippen molar-refractivity contribution in [2.24, 2.45) is 0 Å². The number of hydrogen-bond acceptors (Lipinski definition) is 7. The molecule has 0 unspecified atom stereocenters. The normalized spacial score (nSPS) is 2.38. The molecule has 0 aliphatic carbocycles. The van der Waals surface area contributed by atoms with E-state index in [1.807, 2.05) is 0 Å². The van der Waals surface area contributed by atoms with Gasteiger partial charge in [0.25, 0.3) is 0 Å². The number of aliphatic hydroxyl groups excluding tert-OH is 1. The molecule has 0 aliphatic heterocycles. The van der Waals surface area contributed by atoms with Gasteiger partial charge in [0.05, 0.1) is 0 Å². The standard InChI is InChI=1S/2CHNS.2CNS.CH4O.2Na/c4*2-1-3;1-2;;/h2*3H;;;2H,1H3;;/q;;2*-1;;2*+1. The number of nitriles is 2. The van der Waals surface area contributed by atoms with Crippen LogP contribution in [-0.4, -0.2) is 22.5 Å². The van der Waals surface area contributed by atoms with Crippen molar-refractivity contribution < 1.29 is 64.2 Å². The van der Waals surface area contributed by atoms with Crippen LogP contribution in [0.4, 0.5) is 0 Å². The van der Waals surface area contributed by atoms with Crippen LogP contribution in [0.25, 0.3) is 10.8 Å². The summed E-state index contributed by atoms with van der Waals surface area (Å²) < 4.78 is 0. The van der Waals surface area contributed by atoms with Crippen LogP contribution in [0.3, 0.4) is 0 Å². The van der Waals surface area contributed by atoms with Crippen LogP contribution in [0, 0.1) is 21.3 Å². The minimum Gasteiger partial charge on any atom is -0.753 e. The van der Waals surface area contributed by atoms with E-state index in [1.54, 1.807) is 0 Å². The van der Waals surface area contributed by atoms with Gasteiger partial charge in [-0.05, 0) is 0 Å². The number of thiocarbonyl (C=S) groups is 2. The van der Waals surface area contributed by atoms with E-state index >= 15 is 0 Å². The molecule has 11 heteroatoms. The Morgan fingerprint density at radius 2 is 0.938 bits per heavy atom. The number of nitrogens with zero attached hydrogens (tertiary/aromatic N) is 4. The van der Waals surface area contributed by atoms with Gasteiger partial charge in [0.1, 0.15) is 10.8 Å². The van der Waals surface area contributed by atoms with E-state index in [1.165, 1.54) is 21.1 Å². The van der Waals surface area contributed by atoms with Crippen LogP contribution >= 0.6 is 49.7 Å². The zero-order chi connectivity index (χ0) is 12.8. The largest absolute Gasteiger partial charge is 1.00 e. The number of hydrogen-bond donors (Lipinski definition) is 3. The molecule has 78 valence electrons. The third-order valence-electron chi connectivity index (χ3n) is 0. The number of rotatable bonds is 0. The molecule has 0 saturated carbocycles. The Morgan fingerprint density at radius 1 is 0.938 bits per heavy atom. The molecule has 0 aliphatic rings. The van der Waals surface area contributed by atoms with Crippen LogP contribution in [0.2, 0.25) is 0 Å². The van der Waals surface area contributed by atoms with Crippen molar-refractivity contribution in [2.45, 2.75) is 0 Å². The molecule has 16 heavy (non-hydrogen) atoms. The molecule has 0 bridgehead atoms. The first-order valence-electron chi connectivity index (χ1n) is 2.20. The predicted molar refractivity (Wildman–Crippen MR) is 69.3 cm³/mol. The Kier molecular flexibility index (Phi) is 372. The average Bonchev–Trinajstić information content (AvgIpc) is 2.12. The van der Waals surface area contributed by atoms with Crippen molar-refractivity contribution in [3.05, 3.63) is 10.8 Å². The molecule has 0 rings (SSSR count). The van der Waals surface area contributed by atoms with Gasteiger partial charge in [-0.25, -0.2) is 0 Å². The molecule has 0 aromatic rings. The van der Waals surface area contributed by atoms with E-state index in [-0.39, 0.29) is 59.1 Å². The maximum Gasteiger partial charge on any atom is 1.00 e. The van der Waals surface area contributed by atoms with E-state index in [2.05, 4.69) is 49.7 Å². The fraction of sp³-hybridized carbons (Fsp3) is 0.200. The van der Waals surface area contributed by atoms with E-state index in [4.69, 9.17) is 26.4 Å². The Bertz CT molecular complexity index is 191. The molecule has 0 aromatic heterocycles. The third-order valence-corrected chi connectivity index (χ3v) is 0. The second kappa shape index (κ2) is 137. The summed E-state index contributed by atoms with van der Waals surface area (Å²) in [5.74, 6) is 0. The van der Waals surface area contributed by atoms with E-state index in [0.717, 1.165) is 7.11 Å². The fourth-order valence-corrected chi connectivity index (χ4v) is 0. The zero-order valence-electron chi connectivity index (χ0n) is 8.95. The van der Waals surface area contributed by atoms with Gasteiger partial charge in [0.15, 0.2) is 0 Å². The molecule has 5 nitrogen and oxygen atoms in total. The van der Waals surface area contributed by atoms with Gasteiger partial charge in [-0.2, -0.15) is 20.8 Å². The van der Waals surface area contributed by atoms with Crippen LogP contribution in [0.5, 0.6) is 0 Å². The summed E-state index contributed by atoms with van der Waals surface area (Å²) in [5.41, 5.74) is 0. The predicted octanol–water partition coefficient (Wildman–Crippen LogP) is -4.27. The van der Waals surface area contributed by atoms with Crippen molar-refractivity contribution in [2.75, 3.05) is 7.11 Å². The van der Waals surface area contributed by atoms with Crippen molar-refractivity contribution >= 4 is 60.0 Å². The Hall–Kier alpha value is 1.24. The van der Waals surface area contributed by atoms with Crippen LogP contribution < -0.4 is 59.1 Å². The smallest absolute Gasteiger partial charge is 0.753 e. The van der Waals surface area contributed by atoms with Gasteiger partial charge in [0, 0.05) is 7.11 Å². The van der Waals surface area contributed by atoms with E-state index in [0.29, 0.717) is 0 Å². The van der Waals surface area contributed by atoms with E-state index < -0.39 is 0 Å². The molecule has 0 fully saturated rings. The SMILES string of the molecule is CO.N#CS.N#CS.[N-]=C=S.[N-]=C=S.[Na+].[Na+]. The van der Waals surface area contributed by atoms with Crippen molar-refractivity contribution in [3.63, 3.8) is 0 Å². The molecule has 0 radical (unpaired) electrons. The van der Waals surface area contributed by atoms with Crippen LogP contribution in [0.15, 0.2) is 0 Å². The quantitative estimate of drug-likeness (QED) is 0.138. The molecule has 0 saturated heterocycles. The summed E-state index contributed by atoms with van der Waals surface area (Å²) in [6.07, 6.45) is 0. The van der Waals surface area contributed by atoms with Gasteiger partial charge >= 0.3 is 59.1 Å². The second-order valence-corrected chi connectivity index (χ2v) is 1.15. The monoisotopic (exact) mass is 312 g/mol. The summed E-state index contributed by atoms with van der Waals surface area (Å²) in [6.45, 7) is 0. The number of thiol groups is 2. The van der Waals surface area contributed by atoms with Gasteiger partial charge in [-0.15, -0.1) is 0 Å². The maximum absolute atomic E-state index is 7.18. The van der Waals surface area contributed by atoms with Gasteiger partial charge in [-0.3, -0.25) is 0 Å². The topological polar surface area (TPSA) is 112 Å². The third kappa shape index (κ3) is 2010. The molecular weight excluding hydrogens is 306 g/mol. The molecule has 0 atom stereocenters. The first kappa shape index (κ1) is 43.4. The molecule has 0 heterocycles. The van der Waals surface area contributed by atoms with Gasteiger partial charge < -0.3 is 15.9 Å². The van der Waals surface area contributed by atoms with Crippen molar-refractivity contribution in [1.29, 1.82) is 10.5 Å². The Labute approximate surface area is 161 Å². The van der Waals surface area contributed by atoms with Crippen LogP contribution in [0.1, 0.15) is 0 Å². The summed E-state index contributed by atoms with van der Waals surface area (Å²) in [4.78, 5) is 0. The maximum atomic E-state index is 7.18. The summed E-state index contributed by atoms with van der Waals surface area (Å²) >= 11 is 13.6. The summed E-state index contributed by atoms with van der Waals surface area (Å²) in [5, 5.41) is 41.2. The molecule has 0 amide bonds. The molecule has 0 aromatic carbocycles. The second-order valence-electron chi connectivity index (χ2n) is 0.383. The minimum atomic E-state index is 0. The first-order chi connectivity index (χ1) is 6.66. The van der Waals surface area contributed by atoms with Gasteiger partial charge in [-0.1, -0.05) is 49.7 Å². The number of thiocyanates is 2. The van der Waals surface area contributed by atoms with E-state index in [9.17, 15) is 0 Å². The summed E-state index contributed by atoms with van der Waals surface area (Å²) in [7, 11) is 1.00. The van der Waals surface area contributed by atoms with Crippen LogP contribution in [-0.2, 0) is 0 Å². The molecule has 0 spiro atoms. The number of aliphatic hydroxyl groups is 1. The van der Waals surface area contributed by atoms with Gasteiger partial charge in [0.2, 0.25) is 0 Å². The molecular formula is C5H6N4Na2OS4. The fourth-order valence-electron chi connectivity index (χ4n) is 0. The Morgan fingerprint density at radius 3 is 0.938 bits per heavy atom. The van der Waals surface area contributed by atoms with Crippen molar-refractivity contribution in [3.8, 4) is 10.8 Å². The van der Waals surface area contributed by atoms with Crippen molar-refractivity contribution in [1.82, 2.24) is 0 Å². The Balaban J connectivity index is -0.0000000124. The summed E-state index contributed by atoms with van der Waals surface area (Å²) in [6, 6.07) is 0. The first-order valence-corrected chi connectivity index (χ1v) is 3.91. The average molecular weight is 312 g/mol. The minimum absolute atomic E-state index is 0. The zero-order valence-corrected chi connectivity index (χ0v) is 16.4. The molecule has 1 N–H and O–H groups in total. The number of isothiocyanates is 2.